The summed E-state index contributed by atoms with van der Waals surface area (Å²) in [7, 11) is 0. The van der Waals surface area contributed by atoms with Crippen LogP contribution in [0.4, 0.5) is 0 Å². The summed E-state index contributed by atoms with van der Waals surface area (Å²) in [6.07, 6.45) is 7.28. The number of hydrogen-bond donors (Lipinski definition) is 1. The first kappa shape index (κ1) is 10.7. The third-order valence-corrected chi connectivity index (χ3v) is 3.99. The lowest BCUT2D eigenvalue weighted by Crippen LogP contribution is -2.21. The second-order valence-corrected chi connectivity index (χ2v) is 5.22. The van der Waals surface area contributed by atoms with Gasteiger partial charge in [0, 0.05) is 24.0 Å². The first-order valence-corrected chi connectivity index (χ1v) is 6.60. The molecule has 0 amide bonds. The molecule has 0 aromatic carbocycles. The van der Waals surface area contributed by atoms with E-state index in [1.54, 1.807) is 13.1 Å². The molecule has 0 spiro atoms. The second-order valence-electron chi connectivity index (χ2n) is 5.22. The number of aromatic amines is 1. The molecule has 1 aromatic rings. The third-order valence-electron chi connectivity index (χ3n) is 3.99. The zero-order chi connectivity index (χ0) is 13.0. The van der Waals surface area contributed by atoms with Crippen LogP contribution in [-0.4, -0.2) is 19.5 Å². The van der Waals surface area contributed by atoms with Gasteiger partial charge in [-0.3, -0.25) is 4.79 Å². The van der Waals surface area contributed by atoms with E-state index >= 15 is 0 Å². The van der Waals surface area contributed by atoms with Gasteiger partial charge in [0.05, 0.1) is 10.9 Å². The maximum atomic E-state index is 12.1. The van der Waals surface area contributed by atoms with E-state index in [9.17, 15) is 4.79 Å². The van der Waals surface area contributed by atoms with Crippen molar-refractivity contribution >= 4 is 10.9 Å². The quantitative estimate of drug-likeness (QED) is 0.724. The summed E-state index contributed by atoms with van der Waals surface area (Å²) >= 11 is 0. The molecule has 3 aliphatic rings. The standard InChI is InChI=1S/C14H14N4O/c1-8-16-12-10-5-6-15-13(10)18(9-3-2-4-9)7-11(12)14(19)17-8/h5-7,9H,2-4H2,1H3,(H,16,17,19). The molecular formula is C14H14N4O. The summed E-state index contributed by atoms with van der Waals surface area (Å²) in [5, 5.41) is 0.651. The van der Waals surface area contributed by atoms with Crippen LogP contribution in [0.25, 0.3) is 22.3 Å². The number of H-pyrrole nitrogens is 1. The molecule has 4 rings (SSSR count). The van der Waals surface area contributed by atoms with Crippen LogP contribution < -0.4 is 5.56 Å². The average Bonchev–Trinajstić information content (AvgIpc) is 2.77. The summed E-state index contributed by atoms with van der Waals surface area (Å²) in [5.41, 5.74) is 1.65. The SMILES string of the molecule is Cc1nc2c3ccnc-3n(C3CCC3)cc2c(=O)[nH]1. The number of nitrogens with one attached hydrogen (secondary N) is 1. The molecule has 1 aromatic heterocycles. The van der Waals surface area contributed by atoms with Crippen LogP contribution in [0.3, 0.4) is 0 Å². The fourth-order valence-corrected chi connectivity index (χ4v) is 2.78. The van der Waals surface area contributed by atoms with E-state index in [0.717, 1.165) is 29.7 Å². The molecule has 0 radical (unpaired) electrons. The molecule has 1 saturated carbocycles. The Balaban J connectivity index is 2.13. The molecule has 1 aliphatic carbocycles. The van der Waals surface area contributed by atoms with Crippen molar-refractivity contribution in [2.45, 2.75) is 32.2 Å². The summed E-state index contributed by atoms with van der Waals surface area (Å²) in [6.45, 7) is 1.80. The summed E-state index contributed by atoms with van der Waals surface area (Å²) in [4.78, 5) is 23.8. The van der Waals surface area contributed by atoms with Crippen molar-refractivity contribution < 1.29 is 0 Å². The summed E-state index contributed by atoms with van der Waals surface area (Å²) < 4.78 is 2.15. The normalized spacial score (nSPS) is 16.1. The second kappa shape index (κ2) is 3.66. The number of pyridine rings is 1. The Morgan fingerprint density at radius 2 is 2.26 bits per heavy atom. The molecule has 19 heavy (non-hydrogen) atoms. The van der Waals surface area contributed by atoms with Crippen molar-refractivity contribution in [2.75, 3.05) is 0 Å². The van der Waals surface area contributed by atoms with E-state index in [0.29, 0.717) is 17.3 Å². The van der Waals surface area contributed by atoms with E-state index in [2.05, 4.69) is 19.5 Å². The van der Waals surface area contributed by atoms with Gasteiger partial charge in [0.25, 0.3) is 5.56 Å². The maximum absolute atomic E-state index is 12.1. The van der Waals surface area contributed by atoms with Crippen molar-refractivity contribution in [1.82, 2.24) is 19.5 Å². The third kappa shape index (κ3) is 1.44. The molecular weight excluding hydrogens is 240 g/mol. The van der Waals surface area contributed by atoms with Crippen LogP contribution in [0.5, 0.6) is 0 Å². The lowest BCUT2D eigenvalue weighted by atomic mass is 9.92. The molecule has 1 N–H and O–H groups in total. The van der Waals surface area contributed by atoms with Crippen LogP contribution in [0.15, 0.2) is 23.3 Å². The van der Waals surface area contributed by atoms with Gasteiger partial charge in [-0.1, -0.05) is 0 Å². The zero-order valence-corrected chi connectivity index (χ0v) is 10.7. The van der Waals surface area contributed by atoms with Gasteiger partial charge >= 0.3 is 0 Å². The number of nitrogens with zero attached hydrogens (tertiary/aromatic N) is 3. The number of rotatable bonds is 1. The van der Waals surface area contributed by atoms with Crippen LogP contribution >= 0.6 is 0 Å². The van der Waals surface area contributed by atoms with Crippen LogP contribution in [0.2, 0.25) is 0 Å². The predicted molar refractivity (Wildman–Crippen MR) is 72.4 cm³/mol. The summed E-state index contributed by atoms with van der Waals surface area (Å²) in [5.74, 6) is 1.58. The van der Waals surface area contributed by atoms with Gasteiger partial charge in [0.15, 0.2) is 0 Å². The van der Waals surface area contributed by atoms with Crippen molar-refractivity contribution in [3.63, 3.8) is 0 Å². The first-order chi connectivity index (χ1) is 9.24. The Morgan fingerprint density at radius 1 is 1.42 bits per heavy atom. The highest BCUT2D eigenvalue weighted by atomic mass is 16.1. The van der Waals surface area contributed by atoms with Gasteiger partial charge in [-0.25, -0.2) is 9.97 Å². The lowest BCUT2D eigenvalue weighted by molar-refractivity contribution is 0.314. The highest BCUT2D eigenvalue weighted by molar-refractivity contribution is 5.92. The first-order valence-electron chi connectivity index (χ1n) is 6.60. The molecule has 0 saturated heterocycles. The van der Waals surface area contributed by atoms with E-state index in [1.165, 1.54) is 6.42 Å². The Morgan fingerprint density at radius 3 is 3.00 bits per heavy atom. The van der Waals surface area contributed by atoms with Crippen LogP contribution in [-0.2, 0) is 0 Å². The van der Waals surface area contributed by atoms with E-state index < -0.39 is 0 Å². The Bertz CT molecular complexity index is 797. The minimum absolute atomic E-state index is 0.0707. The van der Waals surface area contributed by atoms with E-state index in [1.807, 2.05) is 12.3 Å². The van der Waals surface area contributed by atoms with Gasteiger partial charge in [-0.2, -0.15) is 0 Å². The topological polar surface area (TPSA) is 63.6 Å². The highest BCUT2D eigenvalue weighted by Crippen LogP contribution is 2.37. The average molecular weight is 254 g/mol. The van der Waals surface area contributed by atoms with Crippen LogP contribution in [0, 0.1) is 6.92 Å². The van der Waals surface area contributed by atoms with Crippen molar-refractivity contribution in [3.05, 3.63) is 34.6 Å². The van der Waals surface area contributed by atoms with E-state index in [4.69, 9.17) is 0 Å². The molecule has 0 unspecified atom stereocenters. The molecule has 96 valence electrons. The summed E-state index contributed by atoms with van der Waals surface area (Å²) in [6, 6.07) is 2.42. The van der Waals surface area contributed by atoms with Gasteiger partial charge in [-0.15, -0.1) is 0 Å². The zero-order valence-electron chi connectivity index (χ0n) is 10.7. The number of aryl methyl sites for hydroxylation is 1. The highest BCUT2D eigenvalue weighted by Gasteiger charge is 2.25. The van der Waals surface area contributed by atoms with E-state index in [-0.39, 0.29) is 5.56 Å². The van der Waals surface area contributed by atoms with Gasteiger partial charge in [-0.05, 0) is 32.3 Å². The Hall–Kier alpha value is -2.17. The molecule has 2 aliphatic heterocycles. The molecule has 0 atom stereocenters. The minimum Gasteiger partial charge on any atom is -0.329 e. The minimum atomic E-state index is -0.0707. The Labute approximate surface area is 109 Å². The fourth-order valence-electron chi connectivity index (χ4n) is 2.78. The molecule has 5 heteroatoms. The number of fused-ring (bicyclic) bond motifs is 3. The van der Waals surface area contributed by atoms with Crippen molar-refractivity contribution in [3.8, 4) is 11.4 Å². The van der Waals surface area contributed by atoms with Crippen LogP contribution in [0.1, 0.15) is 31.1 Å². The molecule has 1 fully saturated rings. The molecule has 5 nitrogen and oxygen atoms in total. The lowest BCUT2D eigenvalue weighted by Gasteiger charge is -2.30. The van der Waals surface area contributed by atoms with Gasteiger partial charge in [0.1, 0.15) is 11.6 Å². The van der Waals surface area contributed by atoms with Crippen molar-refractivity contribution in [2.24, 2.45) is 0 Å². The maximum Gasteiger partial charge on any atom is 0.260 e. The predicted octanol–water partition coefficient (Wildman–Crippen LogP) is 2.26. The van der Waals surface area contributed by atoms with Gasteiger partial charge in [0.2, 0.25) is 0 Å². The number of hydrogen-bond acceptors (Lipinski definition) is 3. The molecule has 0 bridgehead atoms. The van der Waals surface area contributed by atoms with Crippen molar-refractivity contribution in [1.29, 1.82) is 0 Å². The smallest absolute Gasteiger partial charge is 0.260 e. The Kier molecular flexibility index (Phi) is 2.07. The monoisotopic (exact) mass is 254 g/mol. The largest absolute Gasteiger partial charge is 0.329 e. The van der Waals surface area contributed by atoms with Gasteiger partial charge < -0.3 is 9.55 Å². The fraction of sp³-hybridized carbons (Fsp3) is 0.357. The molecule has 3 heterocycles. The number of aromatic nitrogens is 4.